The van der Waals surface area contributed by atoms with Gasteiger partial charge in [-0.1, -0.05) is 43.3 Å². The van der Waals surface area contributed by atoms with Crippen molar-refractivity contribution in [3.63, 3.8) is 0 Å². The highest BCUT2D eigenvalue weighted by atomic mass is 16.3. The van der Waals surface area contributed by atoms with E-state index in [-0.39, 0.29) is 0 Å². The molecular weight excluding hydrogens is 208 g/mol. The van der Waals surface area contributed by atoms with E-state index in [0.717, 1.165) is 23.0 Å². The molecule has 0 amide bonds. The molecule has 17 heavy (non-hydrogen) atoms. The van der Waals surface area contributed by atoms with Gasteiger partial charge in [0.2, 0.25) is 0 Å². The highest BCUT2D eigenvalue weighted by Crippen LogP contribution is 2.47. The molecule has 0 heterocycles. The van der Waals surface area contributed by atoms with E-state index in [9.17, 15) is 5.11 Å². The molecule has 86 valence electrons. The molecule has 2 atom stereocenters. The minimum Gasteiger partial charge on any atom is -0.508 e. The smallest absolute Gasteiger partial charge is 0.116 e. The third-order valence-corrected chi connectivity index (χ3v) is 3.63. The fourth-order valence-corrected chi connectivity index (χ4v) is 2.39. The normalized spacial score (nSPS) is 22.4. The number of phenols is 1. The number of phenolic OH excluding ortho intramolecular Hbond substituents is 1. The molecule has 1 saturated carbocycles. The SMILES string of the molecule is C[C@H]1C[C@@H]1c1ccc(-c2cccc(O)c2)cc1. The molecular formula is C16H16O. The van der Waals surface area contributed by atoms with Gasteiger partial charge in [-0.3, -0.25) is 0 Å². The van der Waals surface area contributed by atoms with E-state index in [1.807, 2.05) is 12.1 Å². The predicted octanol–water partition coefficient (Wildman–Crippen LogP) is 4.18. The van der Waals surface area contributed by atoms with Crippen LogP contribution in [0.4, 0.5) is 0 Å². The average Bonchev–Trinajstić information content (AvgIpc) is 3.07. The summed E-state index contributed by atoms with van der Waals surface area (Å²) >= 11 is 0. The van der Waals surface area contributed by atoms with E-state index in [2.05, 4.69) is 31.2 Å². The van der Waals surface area contributed by atoms with Crippen molar-refractivity contribution < 1.29 is 5.11 Å². The van der Waals surface area contributed by atoms with E-state index in [0.29, 0.717) is 5.75 Å². The van der Waals surface area contributed by atoms with Crippen molar-refractivity contribution in [3.8, 4) is 16.9 Å². The Morgan fingerprint density at radius 2 is 1.71 bits per heavy atom. The third kappa shape index (κ3) is 2.05. The van der Waals surface area contributed by atoms with Gasteiger partial charge >= 0.3 is 0 Å². The summed E-state index contributed by atoms with van der Waals surface area (Å²) in [6.45, 7) is 2.30. The van der Waals surface area contributed by atoms with Crippen LogP contribution in [0.25, 0.3) is 11.1 Å². The monoisotopic (exact) mass is 224 g/mol. The molecule has 0 saturated heterocycles. The fraction of sp³-hybridized carbons (Fsp3) is 0.250. The van der Waals surface area contributed by atoms with E-state index < -0.39 is 0 Å². The van der Waals surface area contributed by atoms with Crippen LogP contribution in [0.15, 0.2) is 48.5 Å². The average molecular weight is 224 g/mol. The lowest BCUT2D eigenvalue weighted by atomic mass is 10.0. The standard InChI is InChI=1S/C16H16O/c1-11-9-16(11)13-7-5-12(6-8-13)14-3-2-4-15(17)10-14/h2-8,10-11,16-17H,9H2,1H3/t11-,16-/m0/s1. The topological polar surface area (TPSA) is 20.2 Å². The number of hydrogen-bond acceptors (Lipinski definition) is 1. The Kier molecular flexibility index (Phi) is 2.40. The van der Waals surface area contributed by atoms with Crippen molar-refractivity contribution in [2.75, 3.05) is 0 Å². The van der Waals surface area contributed by atoms with Gasteiger partial charge in [-0.15, -0.1) is 0 Å². The molecule has 0 radical (unpaired) electrons. The second-order valence-electron chi connectivity index (χ2n) is 4.99. The van der Waals surface area contributed by atoms with Crippen molar-refractivity contribution in [3.05, 3.63) is 54.1 Å². The van der Waals surface area contributed by atoms with Crippen LogP contribution >= 0.6 is 0 Å². The first-order valence-corrected chi connectivity index (χ1v) is 6.13. The minimum absolute atomic E-state index is 0.322. The Bertz CT molecular complexity index is 527. The lowest BCUT2D eigenvalue weighted by Gasteiger charge is -2.04. The molecule has 1 nitrogen and oxygen atoms in total. The van der Waals surface area contributed by atoms with Gasteiger partial charge in [-0.05, 0) is 47.1 Å². The maximum Gasteiger partial charge on any atom is 0.116 e. The van der Waals surface area contributed by atoms with Crippen LogP contribution in [0.3, 0.4) is 0 Å². The maximum absolute atomic E-state index is 9.46. The molecule has 0 aromatic heterocycles. The van der Waals surface area contributed by atoms with Gasteiger partial charge < -0.3 is 5.11 Å². The van der Waals surface area contributed by atoms with Gasteiger partial charge in [0, 0.05) is 0 Å². The van der Waals surface area contributed by atoms with E-state index in [1.54, 1.807) is 12.1 Å². The highest BCUT2D eigenvalue weighted by Gasteiger charge is 2.33. The minimum atomic E-state index is 0.322. The summed E-state index contributed by atoms with van der Waals surface area (Å²) in [6, 6.07) is 16.1. The Morgan fingerprint density at radius 3 is 2.29 bits per heavy atom. The zero-order chi connectivity index (χ0) is 11.8. The van der Waals surface area contributed by atoms with Crippen molar-refractivity contribution in [2.45, 2.75) is 19.3 Å². The molecule has 3 rings (SSSR count). The summed E-state index contributed by atoms with van der Waals surface area (Å²) in [4.78, 5) is 0. The van der Waals surface area contributed by atoms with E-state index in [1.165, 1.54) is 12.0 Å². The summed E-state index contributed by atoms with van der Waals surface area (Å²) in [6.07, 6.45) is 1.32. The maximum atomic E-state index is 9.46. The van der Waals surface area contributed by atoms with Crippen LogP contribution in [0.2, 0.25) is 0 Å². The van der Waals surface area contributed by atoms with E-state index in [4.69, 9.17) is 0 Å². The van der Waals surface area contributed by atoms with Crippen molar-refractivity contribution in [2.24, 2.45) is 5.92 Å². The number of aromatic hydroxyl groups is 1. The lowest BCUT2D eigenvalue weighted by Crippen LogP contribution is -1.82. The number of rotatable bonds is 2. The van der Waals surface area contributed by atoms with Crippen molar-refractivity contribution in [1.82, 2.24) is 0 Å². The highest BCUT2D eigenvalue weighted by molar-refractivity contribution is 5.65. The summed E-state index contributed by atoms with van der Waals surface area (Å²) in [5, 5.41) is 9.46. The first kappa shape index (κ1) is 10.4. The van der Waals surface area contributed by atoms with Crippen LogP contribution < -0.4 is 0 Å². The molecule has 0 bridgehead atoms. The van der Waals surface area contributed by atoms with Crippen LogP contribution in [-0.4, -0.2) is 5.11 Å². The zero-order valence-electron chi connectivity index (χ0n) is 9.93. The largest absolute Gasteiger partial charge is 0.508 e. The van der Waals surface area contributed by atoms with Gasteiger partial charge in [0.1, 0.15) is 5.75 Å². The van der Waals surface area contributed by atoms with Crippen LogP contribution in [0.1, 0.15) is 24.8 Å². The summed E-state index contributed by atoms with van der Waals surface area (Å²) < 4.78 is 0. The second kappa shape index (κ2) is 3.92. The quantitative estimate of drug-likeness (QED) is 0.811. The molecule has 1 fully saturated rings. The van der Waals surface area contributed by atoms with E-state index >= 15 is 0 Å². The van der Waals surface area contributed by atoms with Crippen LogP contribution in [0, 0.1) is 5.92 Å². The van der Waals surface area contributed by atoms with Crippen molar-refractivity contribution >= 4 is 0 Å². The van der Waals surface area contributed by atoms with Crippen LogP contribution in [0.5, 0.6) is 5.75 Å². The summed E-state index contributed by atoms with van der Waals surface area (Å²) in [5.74, 6) is 1.94. The molecule has 1 aliphatic carbocycles. The summed E-state index contributed by atoms with van der Waals surface area (Å²) in [5.41, 5.74) is 3.68. The van der Waals surface area contributed by atoms with Gasteiger partial charge in [-0.2, -0.15) is 0 Å². The second-order valence-corrected chi connectivity index (χ2v) is 4.99. The fourth-order valence-electron chi connectivity index (χ4n) is 2.39. The molecule has 1 heteroatoms. The van der Waals surface area contributed by atoms with Gasteiger partial charge in [0.05, 0.1) is 0 Å². The van der Waals surface area contributed by atoms with Gasteiger partial charge in [0.25, 0.3) is 0 Å². The Labute approximate surface area is 102 Å². The summed E-state index contributed by atoms with van der Waals surface area (Å²) in [7, 11) is 0. The molecule has 2 aromatic rings. The molecule has 0 spiro atoms. The number of benzene rings is 2. The molecule has 0 aliphatic heterocycles. The van der Waals surface area contributed by atoms with Gasteiger partial charge in [-0.25, -0.2) is 0 Å². The molecule has 1 N–H and O–H groups in total. The third-order valence-electron chi connectivity index (χ3n) is 3.63. The number of hydrogen-bond donors (Lipinski definition) is 1. The van der Waals surface area contributed by atoms with Crippen LogP contribution in [-0.2, 0) is 0 Å². The zero-order valence-corrected chi connectivity index (χ0v) is 9.93. The first-order valence-electron chi connectivity index (χ1n) is 6.13. The predicted molar refractivity (Wildman–Crippen MR) is 70.1 cm³/mol. The molecule has 0 unspecified atom stereocenters. The molecule has 2 aromatic carbocycles. The Balaban J connectivity index is 1.89. The van der Waals surface area contributed by atoms with Gasteiger partial charge in [0.15, 0.2) is 0 Å². The molecule has 1 aliphatic rings. The van der Waals surface area contributed by atoms with Crippen molar-refractivity contribution in [1.29, 1.82) is 0 Å². The first-order chi connectivity index (χ1) is 8.24. The Hall–Kier alpha value is -1.76. The lowest BCUT2D eigenvalue weighted by molar-refractivity contribution is 0.475. The Morgan fingerprint density at radius 1 is 1.00 bits per heavy atom.